The quantitative estimate of drug-likeness (QED) is 0.507. The van der Waals surface area contributed by atoms with Gasteiger partial charge in [-0.05, 0) is 30.5 Å². The van der Waals surface area contributed by atoms with Crippen molar-refractivity contribution in [2.24, 2.45) is 14.1 Å². The number of hydrogen-bond acceptors (Lipinski definition) is 5. The van der Waals surface area contributed by atoms with Gasteiger partial charge in [-0.2, -0.15) is 0 Å². The fourth-order valence-electron chi connectivity index (χ4n) is 2.81. The maximum Gasteiger partial charge on any atom is 0.332 e. The Kier molecular flexibility index (Phi) is 4.36. The summed E-state index contributed by atoms with van der Waals surface area (Å²) >= 11 is 7.42. The first-order chi connectivity index (χ1) is 12.5. The Morgan fingerprint density at radius 2 is 1.81 bits per heavy atom. The number of nitrogens with zero attached hydrogens (tertiary/aromatic N) is 4. The smallest absolute Gasteiger partial charge is 0.280 e. The van der Waals surface area contributed by atoms with Crippen LogP contribution in [0.1, 0.15) is 30.1 Å². The summed E-state index contributed by atoms with van der Waals surface area (Å²) in [5, 5.41) is 1.71. The van der Waals surface area contributed by atoms with Gasteiger partial charge in [-0.15, -0.1) is 11.8 Å². The van der Waals surface area contributed by atoms with Crippen LogP contribution in [-0.4, -0.2) is 19.1 Å². The molecule has 8 heteroatoms. The van der Waals surface area contributed by atoms with E-state index in [1.807, 2.05) is 24.3 Å². The Morgan fingerprint density at radius 3 is 2.46 bits per heavy atom. The molecule has 3 aromatic rings. The lowest BCUT2D eigenvalue weighted by molar-refractivity contribution is 0.698. The average Bonchev–Trinajstić information content (AvgIpc) is 3.48. The number of fused-ring (bicyclic) bond motifs is 1. The highest BCUT2D eigenvalue weighted by atomic mass is 35.5. The van der Waals surface area contributed by atoms with Gasteiger partial charge in [0.15, 0.2) is 5.65 Å². The summed E-state index contributed by atoms with van der Waals surface area (Å²) in [4.78, 5) is 34.2. The van der Waals surface area contributed by atoms with Gasteiger partial charge in [-0.3, -0.25) is 13.9 Å². The summed E-state index contributed by atoms with van der Waals surface area (Å²) in [6.45, 7) is 0. The molecule has 0 N–H and O–H groups in total. The summed E-state index contributed by atoms with van der Waals surface area (Å²) in [5.41, 5.74) is 0.759. The predicted molar refractivity (Wildman–Crippen MR) is 103 cm³/mol. The molecule has 0 saturated heterocycles. The standard InChI is InChI=1S/C18H17ClN4O2S/c1-22-15-13(17(24)23(2)18(22)25)16(21-14(20-15)11-5-6-11)26-9-10-3-7-12(19)8-4-10/h3-4,7-8,11H,5-6,9H2,1-2H3. The van der Waals surface area contributed by atoms with Crippen molar-refractivity contribution < 1.29 is 0 Å². The highest BCUT2D eigenvalue weighted by molar-refractivity contribution is 7.98. The molecule has 6 nitrogen and oxygen atoms in total. The van der Waals surface area contributed by atoms with Gasteiger partial charge in [-0.1, -0.05) is 23.7 Å². The second kappa shape index (κ2) is 6.55. The summed E-state index contributed by atoms with van der Waals surface area (Å²) < 4.78 is 2.53. The second-order valence-corrected chi connectivity index (χ2v) is 7.88. The summed E-state index contributed by atoms with van der Waals surface area (Å²) in [5.74, 6) is 1.70. The van der Waals surface area contributed by atoms with E-state index in [9.17, 15) is 9.59 Å². The minimum atomic E-state index is -0.378. The molecule has 1 aromatic carbocycles. The van der Waals surface area contributed by atoms with E-state index in [1.54, 1.807) is 7.05 Å². The number of thioether (sulfide) groups is 1. The van der Waals surface area contributed by atoms with E-state index in [1.165, 1.54) is 23.4 Å². The van der Waals surface area contributed by atoms with Crippen LogP contribution in [0.3, 0.4) is 0 Å². The third-order valence-corrected chi connectivity index (χ3v) is 5.81. The normalized spacial score (nSPS) is 14.1. The third-order valence-electron chi connectivity index (χ3n) is 4.52. The first kappa shape index (κ1) is 17.3. The van der Waals surface area contributed by atoms with Crippen LogP contribution in [0.15, 0.2) is 38.9 Å². The minimum Gasteiger partial charge on any atom is -0.280 e. The number of aromatic nitrogens is 4. The number of halogens is 1. The lowest BCUT2D eigenvalue weighted by Gasteiger charge is -2.11. The number of benzene rings is 1. The van der Waals surface area contributed by atoms with Gasteiger partial charge < -0.3 is 0 Å². The van der Waals surface area contributed by atoms with Gasteiger partial charge in [0.1, 0.15) is 16.2 Å². The van der Waals surface area contributed by atoms with E-state index < -0.39 is 0 Å². The van der Waals surface area contributed by atoms with E-state index in [0.717, 1.165) is 28.8 Å². The molecule has 4 rings (SSSR count). The van der Waals surface area contributed by atoms with Crippen LogP contribution in [0, 0.1) is 0 Å². The minimum absolute atomic E-state index is 0.327. The van der Waals surface area contributed by atoms with Crippen molar-refractivity contribution in [2.45, 2.75) is 29.5 Å². The molecule has 1 aliphatic carbocycles. The van der Waals surface area contributed by atoms with E-state index in [2.05, 4.69) is 9.97 Å². The zero-order valence-electron chi connectivity index (χ0n) is 14.4. The first-order valence-electron chi connectivity index (χ1n) is 8.30. The van der Waals surface area contributed by atoms with Crippen LogP contribution in [-0.2, 0) is 19.8 Å². The van der Waals surface area contributed by atoms with Crippen molar-refractivity contribution in [3.63, 3.8) is 0 Å². The molecule has 0 atom stereocenters. The molecule has 0 amide bonds. The Balaban J connectivity index is 1.85. The van der Waals surface area contributed by atoms with Crippen LogP contribution >= 0.6 is 23.4 Å². The monoisotopic (exact) mass is 388 g/mol. The van der Waals surface area contributed by atoms with Crippen LogP contribution < -0.4 is 11.2 Å². The third kappa shape index (κ3) is 3.05. The Bertz CT molecular complexity index is 1120. The van der Waals surface area contributed by atoms with Gasteiger partial charge in [0, 0.05) is 30.8 Å². The molecule has 1 saturated carbocycles. The van der Waals surface area contributed by atoms with Gasteiger partial charge in [0.2, 0.25) is 0 Å². The van der Waals surface area contributed by atoms with Gasteiger partial charge in [-0.25, -0.2) is 14.8 Å². The lowest BCUT2D eigenvalue weighted by atomic mass is 10.2. The molecule has 0 spiro atoms. The fraction of sp³-hybridized carbons (Fsp3) is 0.333. The SMILES string of the molecule is Cn1c(=O)c2c(SCc3ccc(Cl)cc3)nc(C3CC3)nc2n(C)c1=O. The largest absolute Gasteiger partial charge is 0.332 e. The molecular weight excluding hydrogens is 372 g/mol. The van der Waals surface area contributed by atoms with Crippen LogP contribution in [0.5, 0.6) is 0 Å². The van der Waals surface area contributed by atoms with Crippen molar-refractivity contribution >= 4 is 34.4 Å². The van der Waals surface area contributed by atoms with Crippen molar-refractivity contribution in [3.05, 3.63) is 61.5 Å². The molecule has 134 valence electrons. The molecular formula is C18H17ClN4O2S. The van der Waals surface area contributed by atoms with Crippen LogP contribution in [0.4, 0.5) is 0 Å². The molecule has 2 heterocycles. The predicted octanol–water partition coefficient (Wildman–Crippen LogP) is 2.85. The number of aryl methyl sites for hydroxylation is 1. The summed E-state index contributed by atoms with van der Waals surface area (Å²) in [6.07, 6.45) is 2.09. The fourth-order valence-corrected chi connectivity index (χ4v) is 3.91. The molecule has 26 heavy (non-hydrogen) atoms. The molecule has 0 radical (unpaired) electrons. The zero-order valence-corrected chi connectivity index (χ0v) is 16.0. The van der Waals surface area contributed by atoms with E-state index >= 15 is 0 Å². The van der Waals surface area contributed by atoms with Gasteiger partial charge >= 0.3 is 5.69 Å². The van der Waals surface area contributed by atoms with Gasteiger partial charge in [0.05, 0.1) is 0 Å². The molecule has 0 aliphatic heterocycles. The molecule has 0 bridgehead atoms. The molecule has 2 aromatic heterocycles. The van der Waals surface area contributed by atoms with E-state index in [0.29, 0.717) is 32.8 Å². The highest BCUT2D eigenvalue weighted by Gasteiger charge is 2.29. The summed E-state index contributed by atoms with van der Waals surface area (Å²) in [7, 11) is 3.12. The maximum atomic E-state index is 12.7. The van der Waals surface area contributed by atoms with Crippen molar-refractivity contribution in [1.82, 2.24) is 19.1 Å². The first-order valence-corrected chi connectivity index (χ1v) is 9.67. The number of hydrogen-bond donors (Lipinski definition) is 0. The van der Waals surface area contributed by atoms with E-state index in [-0.39, 0.29) is 11.2 Å². The zero-order chi connectivity index (χ0) is 18.4. The van der Waals surface area contributed by atoms with Crippen molar-refractivity contribution in [3.8, 4) is 0 Å². The highest BCUT2D eigenvalue weighted by Crippen LogP contribution is 2.39. The lowest BCUT2D eigenvalue weighted by Crippen LogP contribution is -2.37. The van der Waals surface area contributed by atoms with Crippen molar-refractivity contribution in [2.75, 3.05) is 0 Å². The topological polar surface area (TPSA) is 69.8 Å². The Labute approximate surface area is 158 Å². The van der Waals surface area contributed by atoms with Crippen LogP contribution in [0.25, 0.3) is 11.0 Å². The Hall–Kier alpha value is -2.12. The Morgan fingerprint density at radius 1 is 1.12 bits per heavy atom. The average molecular weight is 389 g/mol. The van der Waals surface area contributed by atoms with Gasteiger partial charge in [0.25, 0.3) is 5.56 Å². The van der Waals surface area contributed by atoms with E-state index in [4.69, 9.17) is 11.6 Å². The van der Waals surface area contributed by atoms with Crippen molar-refractivity contribution in [1.29, 1.82) is 0 Å². The summed E-state index contributed by atoms with van der Waals surface area (Å²) in [6, 6.07) is 7.59. The molecule has 1 fully saturated rings. The van der Waals surface area contributed by atoms with Crippen LogP contribution in [0.2, 0.25) is 5.02 Å². The second-order valence-electron chi connectivity index (χ2n) is 6.48. The maximum absolute atomic E-state index is 12.7. The number of rotatable bonds is 4. The molecule has 1 aliphatic rings. The molecule has 0 unspecified atom stereocenters.